The summed E-state index contributed by atoms with van der Waals surface area (Å²) < 4.78 is 5.60. The fraction of sp³-hybridized carbons (Fsp3) is 0.375. The molecular formula is C16H16ClNO3. The molecule has 2 heterocycles. The van der Waals surface area contributed by atoms with E-state index in [1.807, 2.05) is 0 Å². The molecule has 1 aromatic carbocycles. The predicted molar refractivity (Wildman–Crippen MR) is 81.8 cm³/mol. The minimum Gasteiger partial charge on any atom is -0.451 e. The SMILES string of the molecule is C[C@H]1CCCN(C(=O)c2cc(=O)c3cc(Cl)ccc3o2)C1. The second kappa shape index (κ2) is 5.53. The smallest absolute Gasteiger partial charge is 0.289 e. The number of hydrogen-bond acceptors (Lipinski definition) is 3. The lowest BCUT2D eigenvalue weighted by molar-refractivity contribution is 0.0651. The van der Waals surface area contributed by atoms with E-state index in [0.29, 0.717) is 35.0 Å². The summed E-state index contributed by atoms with van der Waals surface area (Å²) in [5.74, 6) is 0.369. The molecule has 5 heteroatoms. The summed E-state index contributed by atoms with van der Waals surface area (Å²) in [6.07, 6.45) is 2.12. The lowest BCUT2D eigenvalue weighted by Gasteiger charge is -2.30. The van der Waals surface area contributed by atoms with E-state index < -0.39 is 0 Å². The molecule has 0 unspecified atom stereocenters. The molecule has 1 aliphatic rings. The standard InChI is InChI=1S/C16H16ClNO3/c1-10-3-2-6-18(9-10)16(20)15-8-13(19)12-7-11(17)4-5-14(12)21-15/h4-5,7-8,10H,2-3,6,9H2,1H3/t10-/m0/s1. The molecular weight excluding hydrogens is 290 g/mol. The quantitative estimate of drug-likeness (QED) is 0.812. The zero-order chi connectivity index (χ0) is 15.0. The van der Waals surface area contributed by atoms with Crippen LogP contribution in [0, 0.1) is 5.92 Å². The van der Waals surface area contributed by atoms with Gasteiger partial charge in [-0.15, -0.1) is 0 Å². The van der Waals surface area contributed by atoms with Crippen LogP contribution in [0.15, 0.2) is 33.5 Å². The highest BCUT2D eigenvalue weighted by Crippen LogP contribution is 2.21. The molecule has 4 nitrogen and oxygen atoms in total. The van der Waals surface area contributed by atoms with Gasteiger partial charge in [0.2, 0.25) is 0 Å². The van der Waals surface area contributed by atoms with Gasteiger partial charge in [-0.05, 0) is 37.0 Å². The number of piperidine rings is 1. The van der Waals surface area contributed by atoms with E-state index in [1.165, 1.54) is 6.07 Å². The van der Waals surface area contributed by atoms with E-state index >= 15 is 0 Å². The van der Waals surface area contributed by atoms with Crippen LogP contribution >= 0.6 is 11.6 Å². The number of benzene rings is 1. The highest BCUT2D eigenvalue weighted by atomic mass is 35.5. The summed E-state index contributed by atoms with van der Waals surface area (Å²) in [6.45, 7) is 3.55. The van der Waals surface area contributed by atoms with Crippen molar-refractivity contribution in [1.82, 2.24) is 4.90 Å². The lowest BCUT2D eigenvalue weighted by Crippen LogP contribution is -2.39. The maximum atomic E-state index is 12.5. The molecule has 0 N–H and O–H groups in total. The zero-order valence-electron chi connectivity index (χ0n) is 11.8. The summed E-state index contributed by atoms with van der Waals surface area (Å²) in [4.78, 5) is 26.3. The molecule has 1 saturated heterocycles. The maximum absolute atomic E-state index is 12.5. The first-order chi connectivity index (χ1) is 10.0. The van der Waals surface area contributed by atoms with Gasteiger partial charge in [0.05, 0.1) is 5.39 Å². The topological polar surface area (TPSA) is 50.5 Å². The zero-order valence-corrected chi connectivity index (χ0v) is 12.5. The highest BCUT2D eigenvalue weighted by Gasteiger charge is 2.24. The lowest BCUT2D eigenvalue weighted by atomic mass is 10.00. The Morgan fingerprint density at radius 1 is 1.38 bits per heavy atom. The first-order valence-electron chi connectivity index (χ1n) is 7.07. The van der Waals surface area contributed by atoms with Crippen molar-refractivity contribution in [2.24, 2.45) is 5.92 Å². The number of rotatable bonds is 1. The van der Waals surface area contributed by atoms with Gasteiger partial charge in [0, 0.05) is 24.2 Å². The Labute approximate surface area is 127 Å². The van der Waals surface area contributed by atoms with Crippen molar-refractivity contribution in [2.45, 2.75) is 19.8 Å². The average Bonchev–Trinajstić information content (AvgIpc) is 2.47. The molecule has 0 aliphatic carbocycles. The number of hydrogen-bond donors (Lipinski definition) is 0. The first kappa shape index (κ1) is 14.1. The van der Waals surface area contributed by atoms with Crippen LogP contribution in [0.25, 0.3) is 11.0 Å². The molecule has 0 saturated carbocycles. The van der Waals surface area contributed by atoms with Crippen LogP contribution in [0.2, 0.25) is 5.02 Å². The van der Waals surface area contributed by atoms with Gasteiger partial charge in [0.1, 0.15) is 5.58 Å². The van der Waals surface area contributed by atoms with Crippen molar-refractivity contribution in [2.75, 3.05) is 13.1 Å². The molecule has 1 atom stereocenters. The molecule has 1 aromatic heterocycles. The molecule has 21 heavy (non-hydrogen) atoms. The Morgan fingerprint density at radius 3 is 2.95 bits per heavy atom. The van der Waals surface area contributed by atoms with Gasteiger partial charge in [-0.3, -0.25) is 9.59 Å². The number of carbonyl (C=O) groups is 1. The number of carbonyl (C=O) groups excluding carboxylic acids is 1. The van der Waals surface area contributed by atoms with Crippen molar-refractivity contribution in [1.29, 1.82) is 0 Å². The third-order valence-electron chi connectivity index (χ3n) is 3.84. The van der Waals surface area contributed by atoms with Crippen LogP contribution in [-0.2, 0) is 0 Å². The summed E-state index contributed by atoms with van der Waals surface area (Å²) in [7, 11) is 0. The van der Waals surface area contributed by atoms with Crippen molar-refractivity contribution in [3.63, 3.8) is 0 Å². The molecule has 1 aliphatic heterocycles. The number of amides is 1. The summed E-state index contributed by atoms with van der Waals surface area (Å²) in [6, 6.07) is 6.08. The second-order valence-corrected chi connectivity index (χ2v) is 6.05. The molecule has 2 aromatic rings. The molecule has 0 bridgehead atoms. The Morgan fingerprint density at radius 2 is 2.19 bits per heavy atom. The Balaban J connectivity index is 1.99. The van der Waals surface area contributed by atoms with E-state index in [2.05, 4.69) is 6.92 Å². The Hall–Kier alpha value is -1.81. The van der Waals surface area contributed by atoms with Crippen LogP contribution in [0.3, 0.4) is 0 Å². The van der Waals surface area contributed by atoms with Gasteiger partial charge >= 0.3 is 0 Å². The van der Waals surface area contributed by atoms with Gasteiger partial charge in [-0.1, -0.05) is 18.5 Å². The van der Waals surface area contributed by atoms with E-state index in [1.54, 1.807) is 23.1 Å². The molecule has 0 spiro atoms. The Kier molecular flexibility index (Phi) is 3.72. The number of nitrogens with zero attached hydrogens (tertiary/aromatic N) is 1. The molecule has 3 rings (SSSR count). The van der Waals surface area contributed by atoms with Crippen molar-refractivity contribution < 1.29 is 9.21 Å². The normalized spacial score (nSPS) is 19.0. The monoisotopic (exact) mass is 305 g/mol. The van der Waals surface area contributed by atoms with Crippen LogP contribution < -0.4 is 5.43 Å². The average molecular weight is 306 g/mol. The van der Waals surface area contributed by atoms with Crippen molar-refractivity contribution in [3.05, 3.63) is 45.3 Å². The first-order valence-corrected chi connectivity index (χ1v) is 7.45. The fourth-order valence-corrected chi connectivity index (χ4v) is 2.94. The maximum Gasteiger partial charge on any atom is 0.289 e. The van der Waals surface area contributed by atoms with Crippen molar-refractivity contribution in [3.8, 4) is 0 Å². The minimum absolute atomic E-state index is 0.101. The van der Waals surface area contributed by atoms with Crippen molar-refractivity contribution >= 4 is 28.5 Å². The molecule has 1 amide bonds. The Bertz CT molecular complexity index is 753. The predicted octanol–water partition coefficient (Wildman–Crippen LogP) is 3.32. The second-order valence-electron chi connectivity index (χ2n) is 5.61. The van der Waals surface area contributed by atoms with Crippen LogP contribution in [0.1, 0.15) is 30.3 Å². The van der Waals surface area contributed by atoms with Crippen LogP contribution in [0.4, 0.5) is 0 Å². The van der Waals surface area contributed by atoms with Gasteiger partial charge in [-0.2, -0.15) is 0 Å². The minimum atomic E-state index is -0.243. The third kappa shape index (κ3) is 2.81. The van der Waals surface area contributed by atoms with E-state index in [4.69, 9.17) is 16.0 Å². The third-order valence-corrected chi connectivity index (χ3v) is 4.08. The summed E-state index contributed by atoms with van der Waals surface area (Å²) in [5.41, 5.74) is 0.146. The van der Waals surface area contributed by atoms with Gasteiger partial charge < -0.3 is 9.32 Å². The largest absolute Gasteiger partial charge is 0.451 e. The molecule has 110 valence electrons. The number of halogens is 1. The number of fused-ring (bicyclic) bond motifs is 1. The molecule has 0 radical (unpaired) electrons. The summed E-state index contributed by atoms with van der Waals surface area (Å²) >= 11 is 5.88. The van der Waals surface area contributed by atoms with Gasteiger partial charge in [-0.25, -0.2) is 0 Å². The van der Waals surface area contributed by atoms with Gasteiger partial charge in [0.25, 0.3) is 5.91 Å². The van der Waals surface area contributed by atoms with E-state index in [9.17, 15) is 9.59 Å². The summed E-state index contributed by atoms with van der Waals surface area (Å²) in [5, 5.41) is 0.866. The van der Waals surface area contributed by atoms with Gasteiger partial charge in [0.15, 0.2) is 11.2 Å². The number of likely N-dealkylation sites (tertiary alicyclic amines) is 1. The molecule has 1 fully saturated rings. The van der Waals surface area contributed by atoms with Crippen LogP contribution in [-0.4, -0.2) is 23.9 Å². The van der Waals surface area contributed by atoms with E-state index in [0.717, 1.165) is 12.8 Å². The fourth-order valence-electron chi connectivity index (χ4n) is 2.76. The van der Waals surface area contributed by atoms with Crippen LogP contribution in [0.5, 0.6) is 0 Å². The highest BCUT2D eigenvalue weighted by molar-refractivity contribution is 6.31. The van der Waals surface area contributed by atoms with E-state index in [-0.39, 0.29) is 17.1 Å².